The van der Waals surface area contributed by atoms with Gasteiger partial charge in [-0.05, 0) is 73.4 Å². The number of esters is 2. The van der Waals surface area contributed by atoms with Crippen molar-refractivity contribution < 1.29 is 33.0 Å². The summed E-state index contributed by atoms with van der Waals surface area (Å²) in [6.07, 6.45) is 3.56. The minimum atomic E-state index is -0.938. The van der Waals surface area contributed by atoms with Crippen molar-refractivity contribution in [1.82, 2.24) is 0 Å². The number of carbonyl (C=O) groups excluding carboxylic acids is 2. The lowest BCUT2D eigenvalue weighted by atomic mass is 10.2. The Hall–Kier alpha value is -1.27. The van der Waals surface area contributed by atoms with Gasteiger partial charge in [-0.1, -0.05) is 13.2 Å². The van der Waals surface area contributed by atoms with Gasteiger partial charge in [0.25, 0.3) is 0 Å². The first-order valence-electron chi connectivity index (χ1n) is 11.5. The second-order valence-corrected chi connectivity index (χ2v) is 12.0. The Bertz CT molecular complexity index is 559. The zero-order chi connectivity index (χ0) is 25.2. The van der Waals surface area contributed by atoms with Crippen molar-refractivity contribution in [3.05, 3.63) is 24.3 Å². The van der Waals surface area contributed by atoms with Crippen molar-refractivity contribution in [3.8, 4) is 0 Å². The second kappa shape index (κ2) is 19.2. The molecule has 1 unspecified atom stereocenters. The van der Waals surface area contributed by atoms with Crippen LogP contribution >= 0.6 is 0 Å². The van der Waals surface area contributed by atoms with E-state index in [0.29, 0.717) is 37.6 Å². The molecule has 0 aromatic heterocycles. The highest BCUT2D eigenvalue weighted by Gasteiger charge is 2.23. The summed E-state index contributed by atoms with van der Waals surface area (Å²) >= 11 is 0. The molecule has 188 valence electrons. The number of hydrogen-bond donors (Lipinski definition) is 0. The van der Waals surface area contributed by atoms with E-state index in [4.69, 9.17) is 23.4 Å². The second-order valence-electron chi connectivity index (χ2n) is 8.07. The Morgan fingerprint density at radius 3 is 1.75 bits per heavy atom. The van der Waals surface area contributed by atoms with Crippen LogP contribution in [0, 0.1) is 0 Å². The summed E-state index contributed by atoms with van der Waals surface area (Å²) in [6, 6.07) is 0. The molecule has 0 spiro atoms. The van der Waals surface area contributed by atoms with Crippen LogP contribution in [-0.2, 0) is 33.0 Å². The molecule has 0 bridgehead atoms. The molecule has 0 aromatic rings. The Kier molecular flexibility index (Phi) is 19.8. The predicted octanol–water partition coefficient (Wildman–Crippen LogP) is 3.25. The number of rotatable bonds is 16. The van der Waals surface area contributed by atoms with E-state index in [1.54, 1.807) is 13.8 Å². The van der Waals surface area contributed by atoms with E-state index >= 15 is 0 Å². The summed E-state index contributed by atoms with van der Waals surface area (Å²) in [5, 5.41) is 0. The van der Waals surface area contributed by atoms with Crippen molar-refractivity contribution in [1.29, 1.82) is 0 Å². The molecule has 9 heteroatoms. The van der Waals surface area contributed by atoms with Gasteiger partial charge >= 0.3 is 11.9 Å². The molecule has 0 aliphatic carbocycles. The van der Waals surface area contributed by atoms with Crippen LogP contribution in [0.3, 0.4) is 0 Å². The Labute approximate surface area is 200 Å². The van der Waals surface area contributed by atoms with Crippen LogP contribution in [0.1, 0.15) is 60.3 Å². The smallest absolute Gasteiger partial charge is 0.333 e. The maximum absolute atomic E-state index is 11.1. The topological polar surface area (TPSA) is 80.3 Å². The molecule has 0 rings (SSSR count). The fourth-order valence-corrected chi connectivity index (χ4v) is 4.67. The van der Waals surface area contributed by atoms with E-state index in [-0.39, 0.29) is 18.0 Å². The Morgan fingerprint density at radius 1 is 0.938 bits per heavy atom. The zero-order valence-corrected chi connectivity index (χ0v) is 24.7. The predicted molar refractivity (Wildman–Crippen MR) is 135 cm³/mol. The average molecular weight is 491 g/mol. The monoisotopic (exact) mass is 490 g/mol. The van der Waals surface area contributed by atoms with E-state index < -0.39 is 14.5 Å². The Morgan fingerprint density at radius 2 is 1.38 bits per heavy atom. The van der Waals surface area contributed by atoms with E-state index in [9.17, 15) is 9.59 Å². The maximum Gasteiger partial charge on any atom is 0.333 e. The minimum Gasteiger partial charge on any atom is -0.462 e. The first-order chi connectivity index (χ1) is 14.9. The van der Waals surface area contributed by atoms with Crippen molar-refractivity contribution in [2.24, 2.45) is 0 Å². The molecular formula is C23H46O7Si2. The fourth-order valence-electron chi connectivity index (χ4n) is 2.67. The fraction of sp³-hybridized carbons (Fsp3) is 0.739. The molecule has 0 saturated carbocycles. The molecule has 0 N–H and O–H groups in total. The lowest BCUT2D eigenvalue weighted by Crippen LogP contribution is -2.37. The van der Waals surface area contributed by atoms with Crippen LogP contribution < -0.4 is 0 Å². The molecule has 0 radical (unpaired) electrons. The maximum atomic E-state index is 11.1. The normalized spacial score (nSPS) is 12.0. The molecule has 0 heterocycles. The summed E-state index contributed by atoms with van der Waals surface area (Å²) in [6.45, 7) is 22.7. The molecule has 0 saturated heterocycles. The van der Waals surface area contributed by atoms with Crippen LogP contribution in [0.25, 0.3) is 0 Å². The first-order valence-corrected chi connectivity index (χ1v) is 15.2. The van der Waals surface area contributed by atoms with Crippen molar-refractivity contribution in [2.75, 3.05) is 26.4 Å². The van der Waals surface area contributed by atoms with Gasteiger partial charge in [0.1, 0.15) is 5.41 Å². The molecule has 0 fully saturated rings. The molecule has 7 nitrogen and oxygen atoms in total. The number of hydrogen-bond acceptors (Lipinski definition) is 7. The van der Waals surface area contributed by atoms with Gasteiger partial charge in [-0.2, -0.15) is 0 Å². The molecule has 0 amide bonds. The highest BCUT2D eigenvalue weighted by molar-refractivity contribution is 6.48. The molecule has 32 heavy (non-hydrogen) atoms. The Balaban J connectivity index is 0. The third-order valence-corrected chi connectivity index (χ3v) is 6.18. The number of ether oxygens (including phenoxy) is 4. The molecule has 0 aliphatic rings. The summed E-state index contributed by atoms with van der Waals surface area (Å²) in [5.41, 5.74) is 0.435. The van der Waals surface area contributed by atoms with Gasteiger partial charge in [-0.3, -0.25) is 0 Å². The van der Waals surface area contributed by atoms with Gasteiger partial charge in [0, 0.05) is 30.5 Å². The standard InChI is InChI=1S/C12H24O4Si.C11H22O3Si/c1-5-15-12(17,16-6-2)8-7-9-14-11(13)10(3)4;1-9(2)11(12)13-8-6-7-10(3)14-15(4)5/h3,5-9H2,1-2,4,17H3;10,15H,1,6-8H2,2-5H3. The SMILES string of the molecule is C=C(C)C(=O)OCCCC(C)O[SiH](C)C.C=C(C)C(=O)OCCCC([SiH3])(OCC)OCC. The van der Waals surface area contributed by atoms with E-state index in [2.05, 4.69) is 33.2 Å². The third kappa shape index (κ3) is 19.4. The molecule has 1 atom stereocenters. The van der Waals surface area contributed by atoms with Crippen LogP contribution in [0.4, 0.5) is 0 Å². The molecule has 0 aromatic carbocycles. The minimum absolute atomic E-state index is 0.278. The highest BCUT2D eigenvalue weighted by atomic mass is 28.3. The van der Waals surface area contributed by atoms with E-state index in [1.165, 1.54) is 0 Å². The van der Waals surface area contributed by atoms with Gasteiger partial charge in [0.2, 0.25) is 0 Å². The van der Waals surface area contributed by atoms with Gasteiger partial charge in [0.05, 0.1) is 23.5 Å². The van der Waals surface area contributed by atoms with Crippen LogP contribution in [0.5, 0.6) is 0 Å². The largest absolute Gasteiger partial charge is 0.462 e. The van der Waals surface area contributed by atoms with Crippen molar-refractivity contribution in [3.63, 3.8) is 0 Å². The first kappa shape index (κ1) is 32.9. The summed E-state index contributed by atoms with van der Waals surface area (Å²) in [7, 11) is -0.143. The quantitative estimate of drug-likeness (QED) is 0.108. The lowest BCUT2D eigenvalue weighted by molar-refractivity contribution is -0.179. The van der Waals surface area contributed by atoms with Crippen LogP contribution in [0.15, 0.2) is 24.3 Å². The lowest BCUT2D eigenvalue weighted by Gasteiger charge is -2.29. The van der Waals surface area contributed by atoms with E-state index in [1.807, 2.05) is 13.8 Å². The van der Waals surface area contributed by atoms with E-state index in [0.717, 1.165) is 35.9 Å². The molecular weight excluding hydrogens is 444 g/mol. The van der Waals surface area contributed by atoms with Crippen molar-refractivity contribution >= 4 is 31.2 Å². The van der Waals surface area contributed by atoms with Crippen LogP contribution in [0.2, 0.25) is 13.1 Å². The third-order valence-electron chi connectivity index (χ3n) is 4.10. The highest BCUT2D eigenvalue weighted by Crippen LogP contribution is 2.16. The molecule has 0 aliphatic heterocycles. The van der Waals surface area contributed by atoms with Crippen LogP contribution in [-0.4, -0.2) is 69.2 Å². The summed E-state index contributed by atoms with van der Waals surface area (Å²) in [4.78, 5) is 22.2. The number of carbonyl (C=O) groups is 2. The van der Waals surface area contributed by atoms with Gasteiger partial charge in [-0.15, -0.1) is 0 Å². The van der Waals surface area contributed by atoms with Gasteiger partial charge in [0.15, 0.2) is 9.04 Å². The summed E-state index contributed by atoms with van der Waals surface area (Å²) < 4.78 is 26.9. The van der Waals surface area contributed by atoms with Crippen molar-refractivity contribution in [2.45, 2.75) is 84.9 Å². The average Bonchev–Trinajstić information content (AvgIpc) is 2.68. The van der Waals surface area contributed by atoms with Gasteiger partial charge < -0.3 is 23.4 Å². The zero-order valence-electron chi connectivity index (χ0n) is 21.6. The van der Waals surface area contributed by atoms with Gasteiger partial charge in [-0.25, -0.2) is 9.59 Å². The summed E-state index contributed by atoms with van der Waals surface area (Å²) in [5.74, 6) is -0.640.